The largest absolute Gasteiger partial charge is 0.478 e. The Morgan fingerprint density at radius 1 is 1.22 bits per heavy atom. The lowest BCUT2D eigenvalue weighted by Gasteiger charge is -2.32. The van der Waals surface area contributed by atoms with Gasteiger partial charge in [-0.2, -0.15) is 0 Å². The zero-order chi connectivity index (χ0) is 19.3. The Kier molecular flexibility index (Phi) is 4.66. The van der Waals surface area contributed by atoms with E-state index < -0.39 is 0 Å². The van der Waals surface area contributed by atoms with E-state index in [0.29, 0.717) is 46.2 Å². The van der Waals surface area contributed by atoms with E-state index in [1.165, 1.54) is 0 Å². The number of halogens is 2. The molecule has 2 aliphatic heterocycles. The van der Waals surface area contributed by atoms with Gasteiger partial charge in [0.1, 0.15) is 18.2 Å². The Bertz CT molecular complexity index is 962. The Labute approximate surface area is 168 Å². The predicted octanol–water partition coefficient (Wildman–Crippen LogP) is 5.48. The van der Waals surface area contributed by atoms with E-state index in [9.17, 15) is 4.79 Å². The molecule has 140 valence electrons. The van der Waals surface area contributed by atoms with E-state index in [4.69, 9.17) is 32.7 Å². The molecule has 27 heavy (non-hydrogen) atoms. The Hall–Kier alpha value is -2.01. The molecule has 0 N–H and O–H groups in total. The van der Waals surface area contributed by atoms with Gasteiger partial charge in [-0.3, -0.25) is 9.69 Å². The zero-order valence-corrected chi connectivity index (χ0v) is 16.8. The van der Waals surface area contributed by atoms with Crippen LogP contribution in [0.2, 0.25) is 10.0 Å². The predicted molar refractivity (Wildman–Crippen MR) is 107 cm³/mol. The SMILES string of the molecule is Cc1cc2c(c3c1C(=O)/C(=C/c1c(Cl)cccc1Cl)O3)CN(C(C)C)CO2. The van der Waals surface area contributed by atoms with Crippen molar-refractivity contribution in [2.24, 2.45) is 0 Å². The van der Waals surface area contributed by atoms with E-state index >= 15 is 0 Å². The van der Waals surface area contributed by atoms with Crippen LogP contribution in [0.4, 0.5) is 0 Å². The van der Waals surface area contributed by atoms with Crippen molar-refractivity contribution in [1.82, 2.24) is 4.90 Å². The summed E-state index contributed by atoms with van der Waals surface area (Å²) in [5, 5.41) is 0.936. The molecule has 0 spiro atoms. The van der Waals surface area contributed by atoms with Gasteiger partial charge in [-0.05, 0) is 50.6 Å². The minimum Gasteiger partial charge on any atom is -0.478 e. The van der Waals surface area contributed by atoms with Crippen molar-refractivity contribution in [1.29, 1.82) is 0 Å². The minimum atomic E-state index is -0.164. The molecule has 2 aromatic carbocycles. The molecule has 0 radical (unpaired) electrons. The van der Waals surface area contributed by atoms with Crippen LogP contribution in [-0.2, 0) is 6.54 Å². The number of rotatable bonds is 2. The number of aryl methyl sites for hydroxylation is 1. The highest BCUT2D eigenvalue weighted by molar-refractivity contribution is 6.37. The second-order valence-corrected chi connectivity index (χ2v) is 7.88. The molecule has 4 nitrogen and oxygen atoms in total. The van der Waals surface area contributed by atoms with Gasteiger partial charge in [-0.15, -0.1) is 0 Å². The number of nitrogens with zero attached hydrogens (tertiary/aromatic N) is 1. The maximum Gasteiger partial charge on any atom is 0.232 e. The van der Waals surface area contributed by atoms with Crippen LogP contribution in [0.5, 0.6) is 11.5 Å². The summed E-state index contributed by atoms with van der Waals surface area (Å²) in [6, 6.07) is 7.46. The van der Waals surface area contributed by atoms with Gasteiger partial charge in [0, 0.05) is 28.2 Å². The van der Waals surface area contributed by atoms with Crippen molar-refractivity contribution < 1.29 is 14.3 Å². The third kappa shape index (κ3) is 3.12. The summed E-state index contributed by atoms with van der Waals surface area (Å²) in [5.74, 6) is 1.41. The van der Waals surface area contributed by atoms with Gasteiger partial charge >= 0.3 is 0 Å². The van der Waals surface area contributed by atoms with E-state index in [0.717, 1.165) is 16.9 Å². The van der Waals surface area contributed by atoms with Crippen LogP contribution in [0.15, 0.2) is 30.0 Å². The molecule has 4 rings (SSSR count). The molecule has 0 amide bonds. The molecule has 0 aromatic heterocycles. The molecule has 6 heteroatoms. The first-order chi connectivity index (χ1) is 12.9. The number of Topliss-reactive ketones (excluding diaryl/α,β-unsaturated/α-hetero) is 1. The maximum absolute atomic E-state index is 13.0. The third-order valence-electron chi connectivity index (χ3n) is 4.96. The van der Waals surface area contributed by atoms with E-state index in [-0.39, 0.29) is 11.5 Å². The van der Waals surface area contributed by atoms with Crippen molar-refractivity contribution in [3.63, 3.8) is 0 Å². The lowest BCUT2D eigenvalue weighted by molar-refractivity contribution is 0.0673. The molecule has 0 aliphatic carbocycles. The first-order valence-corrected chi connectivity index (χ1v) is 9.54. The lowest BCUT2D eigenvalue weighted by Crippen LogP contribution is -2.37. The quantitative estimate of drug-likeness (QED) is 0.622. The number of fused-ring (bicyclic) bond motifs is 3. The number of ketones is 1. The zero-order valence-electron chi connectivity index (χ0n) is 15.3. The molecular formula is C21H19Cl2NO3. The van der Waals surface area contributed by atoms with Gasteiger partial charge in [-0.25, -0.2) is 0 Å². The average molecular weight is 404 g/mol. The summed E-state index contributed by atoms with van der Waals surface area (Å²) in [6.07, 6.45) is 1.61. The molecule has 0 fully saturated rings. The van der Waals surface area contributed by atoms with Crippen LogP contribution in [0, 0.1) is 6.92 Å². The van der Waals surface area contributed by atoms with Gasteiger partial charge in [0.05, 0.1) is 11.1 Å². The number of hydrogen-bond acceptors (Lipinski definition) is 4. The topological polar surface area (TPSA) is 38.8 Å². The normalized spacial score (nSPS) is 17.7. The number of carbonyl (C=O) groups excluding carboxylic acids is 1. The van der Waals surface area contributed by atoms with Crippen LogP contribution in [0.25, 0.3) is 6.08 Å². The maximum atomic E-state index is 13.0. The molecule has 0 bridgehead atoms. The molecule has 0 saturated heterocycles. The van der Waals surface area contributed by atoms with E-state index in [1.54, 1.807) is 24.3 Å². The number of allylic oxidation sites excluding steroid dienone is 1. The summed E-state index contributed by atoms with van der Waals surface area (Å²) in [6.45, 7) is 7.31. The molecule has 0 saturated carbocycles. The fourth-order valence-corrected chi connectivity index (χ4v) is 3.86. The fraction of sp³-hybridized carbons (Fsp3) is 0.286. The summed E-state index contributed by atoms with van der Waals surface area (Å²) < 4.78 is 11.9. The number of ether oxygens (including phenoxy) is 2. The Balaban J connectivity index is 1.80. The van der Waals surface area contributed by atoms with Crippen molar-refractivity contribution >= 4 is 35.1 Å². The van der Waals surface area contributed by atoms with E-state index in [2.05, 4.69) is 18.7 Å². The Morgan fingerprint density at radius 3 is 2.59 bits per heavy atom. The van der Waals surface area contributed by atoms with Gasteiger partial charge in [0.25, 0.3) is 0 Å². The Morgan fingerprint density at radius 2 is 1.93 bits per heavy atom. The van der Waals surface area contributed by atoms with Gasteiger partial charge < -0.3 is 9.47 Å². The molecule has 2 heterocycles. The summed E-state index contributed by atoms with van der Waals surface area (Å²) in [7, 11) is 0. The van der Waals surface area contributed by atoms with Crippen LogP contribution in [-0.4, -0.2) is 23.5 Å². The fourth-order valence-electron chi connectivity index (χ4n) is 3.36. The second kappa shape index (κ2) is 6.86. The first kappa shape index (κ1) is 18.4. The van der Waals surface area contributed by atoms with Crippen molar-refractivity contribution in [3.05, 3.63) is 62.3 Å². The van der Waals surface area contributed by atoms with Gasteiger partial charge in [0.15, 0.2) is 5.76 Å². The number of carbonyl (C=O) groups is 1. The van der Waals surface area contributed by atoms with Crippen LogP contribution >= 0.6 is 23.2 Å². The summed E-state index contributed by atoms with van der Waals surface area (Å²) in [5.41, 5.74) is 2.89. The van der Waals surface area contributed by atoms with Crippen LogP contribution in [0.1, 0.15) is 40.9 Å². The molecule has 0 atom stereocenters. The highest BCUT2D eigenvalue weighted by Gasteiger charge is 2.36. The van der Waals surface area contributed by atoms with Crippen molar-refractivity contribution in [3.8, 4) is 11.5 Å². The highest BCUT2D eigenvalue weighted by atomic mass is 35.5. The minimum absolute atomic E-state index is 0.164. The number of hydrogen-bond donors (Lipinski definition) is 0. The molecule has 2 aromatic rings. The van der Waals surface area contributed by atoms with Crippen molar-refractivity contribution in [2.45, 2.75) is 33.4 Å². The molecule has 2 aliphatic rings. The van der Waals surface area contributed by atoms with Crippen LogP contribution in [0.3, 0.4) is 0 Å². The monoisotopic (exact) mass is 403 g/mol. The van der Waals surface area contributed by atoms with Gasteiger partial charge in [0.2, 0.25) is 5.78 Å². The second-order valence-electron chi connectivity index (χ2n) is 7.06. The van der Waals surface area contributed by atoms with E-state index in [1.807, 2.05) is 13.0 Å². The van der Waals surface area contributed by atoms with Gasteiger partial charge in [-0.1, -0.05) is 29.3 Å². The van der Waals surface area contributed by atoms with Crippen LogP contribution < -0.4 is 9.47 Å². The molecular weight excluding hydrogens is 385 g/mol. The molecule has 0 unspecified atom stereocenters. The average Bonchev–Trinajstić information content (AvgIpc) is 2.95. The lowest BCUT2D eigenvalue weighted by atomic mass is 9.98. The summed E-state index contributed by atoms with van der Waals surface area (Å²) in [4.78, 5) is 15.2. The third-order valence-corrected chi connectivity index (χ3v) is 5.62. The standard InChI is InChI=1S/C21H19Cl2NO3/c1-11(2)24-9-14-17(26-10-24)7-12(3)19-20(25)18(27-21(14)19)8-13-15(22)5-4-6-16(13)23/h4-8,11H,9-10H2,1-3H3/b18-8-. The van der Waals surface area contributed by atoms with Crippen molar-refractivity contribution in [2.75, 3.05) is 6.73 Å². The number of benzene rings is 2. The smallest absolute Gasteiger partial charge is 0.232 e. The first-order valence-electron chi connectivity index (χ1n) is 8.78. The summed E-state index contributed by atoms with van der Waals surface area (Å²) >= 11 is 12.5. The highest BCUT2D eigenvalue weighted by Crippen LogP contribution is 2.44.